The van der Waals surface area contributed by atoms with Crippen LogP contribution in [0.4, 0.5) is 0 Å². The average molecular weight is 244 g/mol. The average Bonchev–Trinajstić information content (AvgIpc) is 2.43. The first-order chi connectivity index (χ1) is 8.60. The zero-order valence-corrected chi connectivity index (χ0v) is 11.3. The third-order valence-electron chi connectivity index (χ3n) is 3.08. The van der Waals surface area contributed by atoms with Crippen LogP contribution in [0.3, 0.4) is 0 Å². The summed E-state index contributed by atoms with van der Waals surface area (Å²) >= 11 is 0. The quantitative estimate of drug-likeness (QED) is 0.799. The maximum atomic E-state index is 12.3. The maximum absolute atomic E-state index is 12.3. The Labute approximate surface area is 109 Å². The topological polar surface area (TPSA) is 44.1 Å². The van der Waals surface area contributed by atoms with Crippen molar-refractivity contribution in [2.24, 2.45) is 5.92 Å². The molecular formula is C15H20N2O. The molecule has 0 aliphatic heterocycles. The largest absolute Gasteiger partial charge is 0.341 e. The molecular weight excluding hydrogens is 224 g/mol. The maximum Gasteiger partial charge on any atom is 0.229 e. The number of rotatable bonds is 5. The first-order valence-corrected chi connectivity index (χ1v) is 6.33. The fourth-order valence-electron chi connectivity index (χ4n) is 1.90. The van der Waals surface area contributed by atoms with Crippen molar-refractivity contribution in [3.63, 3.8) is 0 Å². The summed E-state index contributed by atoms with van der Waals surface area (Å²) in [4.78, 5) is 14.1. The van der Waals surface area contributed by atoms with Crippen molar-refractivity contribution in [3.05, 3.63) is 35.9 Å². The molecule has 0 heterocycles. The van der Waals surface area contributed by atoms with Crippen LogP contribution in [0.15, 0.2) is 30.3 Å². The van der Waals surface area contributed by atoms with Gasteiger partial charge in [0, 0.05) is 13.1 Å². The Morgan fingerprint density at radius 1 is 1.33 bits per heavy atom. The van der Waals surface area contributed by atoms with Gasteiger partial charge in [-0.2, -0.15) is 5.26 Å². The van der Waals surface area contributed by atoms with E-state index in [0.717, 1.165) is 5.56 Å². The van der Waals surface area contributed by atoms with Gasteiger partial charge in [-0.25, -0.2) is 0 Å². The van der Waals surface area contributed by atoms with E-state index in [2.05, 4.69) is 6.07 Å². The molecule has 0 bridgehead atoms. The standard InChI is InChI=1S/C15H20N2O/c1-4-17(11-12(2)10-16)15(18)13(3)14-8-6-5-7-9-14/h5-9,12-13H,4,11H2,1-3H3. The molecule has 1 amide bonds. The minimum Gasteiger partial charge on any atom is -0.341 e. The Morgan fingerprint density at radius 2 is 1.94 bits per heavy atom. The van der Waals surface area contributed by atoms with Gasteiger partial charge in [0.1, 0.15) is 0 Å². The second-order valence-electron chi connectivity index (χ2n) is 4.54. The summed E-state index contributed by atoms with van der Waals surface area (Å²) in [6.45, 7) is 6.84. The molecule has 0 saturated carbocycles. The Balaban J connectivity index is 2.76. The Kier molecular flexibility index (Phi) is 5.38. The van der Waals surface area contributed by atoms with E-state index in [0.29, 0.717) is 13.1 Å². The highest BCUT2D eigenvalue weighted by Crippen LogP contribution is 2.18. The third-order valence-corrected chi connectivity index (χ3v) is 3.08. The van der Waals surface area contributed by atoms with Crippen molar-refractivity contribution in [1.82, 2.24) is 4.90 Å². The number of nitrogens with zero attached hydrogens (tertiary/aromatic N) is 2. The SMILES string of the molecule is CCN(CC(C)C#N)C(=O)C(C)c1ccccc1. The lowest BCUT2D eigenvalue weighted by Gasteiger charge is -2.25. The molecule has 0 aliphatic carbocycles. The lowest BCUT2D eigenvalue weighted by Crippen LogP contribution is -2.37. The summed E-state index contributed by atoms with van der Waals surface area (Å²) in [5, 5.41) is 8.83. The number of benzene rings is 1. The van der Waals surface area contributed by atoms with E-state index in [1.54, 1.807) is 4.90 Å². The molecule has 18 heavy (non-hydrogen) atoms. The van der Waals surface area contributed by atoms with E-state index in [1.807, 2.05) is 51.1 Å². The summed E-state index contributed by atoms with van der Waals surface area (Å²) in [6.07, 6.45) is 0. The van der Waals surface area contributed by atoms with Crippen LogP contribution in [0.25, 0.3) is 0 Å². The van der Waals surface area contributed by atoms with Gasteiger partial charge in [0.2, 0.25) is 5.91 Å². The molecule has 0 aliphatic rings. The highest BCUT2D eigenvalue weighted by atomic mass is 16.2. The number of likely N-dealkylation sites (N-methyl/N-ethyl adjacent to an activating group) is 1. The lowest BCUT2D eigenvalue weighted by molar-refractivity contribution is -0.132. The molecule has 3 heteroatoms. The fourth-order valence-corrected chi connectivity index (χ4v) is 1.90. The van der Waals surface area contributed by atoms with Crippen LogP contribution in [-0.4, -0.2) is 23.9 Å². The minimum atomic E-state index is -0.156. The summed E-state index contributed by atoms with van der Waals surface area (Å²) in [5.74, 6) is -0.195. The zero-order chi connectivity index (χ0) is 13.5. The van der Waals surface area contributed by atoms with E-state index < -0.39 is 0 Å². The Morgan fingerprint density at radius 3 is 2.44 bits per heavy atom. The predicted octanol–water partition coefficient (Wildman–Crippen LogP) is 2.80. The van der Waals surface area contributed by atoms with E-state index in [1.165, 1.54) is 0 Å². The Bertz CT molecular complexity index is 422. The number of hydrogen-bond acceptors (Lipinski definition) is 2. The van der Waals surface area contributed by atoms with Crippen LogP contribution >= 0.6 is 0 Å². The van der Waals surface area contributed by atoms with Crippen LogP contribution in [0, 0.1) is 17.2 Å². The van der Waals surface area contributed by atoms with Crippen LogP contribution in [0.2, 0.25) is 0 Å². The van der Waals surface area contributed by atoms with Crippen molar-refractivity contribution >= 4 is 5.91 Å². The molecule has 0 saturated heterocycles. The van der Waals surface area contributed by atoms with Crippen LogP contribution in [-0.2, 0) is 4.79 Å². The highest BCUT2D eigenvalue weighted by molar-refractivity contribution is 5.83. The van der Waals surface area contributed by atoms with Gasteiger partial charge in [0.15, 0.2) is 0 Å². The molecule has 1 rings (SSSR count). The summed E-state index contributed by atoms with van der Waals surface area (Å²) in [7, 11) is 0. The lowest BCUT2D eigenvalue weighted by atomic mass is 9.99. The van der Waals surface area contributed by atoms with Crippen LogP contribution in [0.1, 0.15) is 32.3 Å². The summed E-state index contributed by atoms with van der Waals surface area (Å²) in [5.41, 5.74) is 1.02. The molecule has 1 aromatic carbocycles. The molecule has 3 nitrogen and oxygen atoms in total. The molecule has 96 valence electrons. The highest BCUT2D eigenvalue weighted by Gasteiger charge is 2.21. The number of hydrogen-bond donors (Lipinski definition) is 0. The van der Waals surface area contributed by atoms with Gasteiger partial charge in [0.25, 0.3) is 0 Å². The third kappa shape index (κ3) is 3.59. The van der Waals surface area contributed by atoms with Crippen molar-refractivity contribution in [2.45, 2.75) is 26.7 Å². The van der Waals surface area contributed by atoms with Crippen molar-refractivity contribution in [2.75, 3.05) is 13.1 Å². The molecule has 2 unspecified atom stereocenters. The van der Waals surface area contributed by atoms with Gasteiger partial charge in [-0.3, -0.25) is 4.79 Å². The smallest absolute Gasteiger partial charge is 0.229 e. The number of carbonyl (C=O) groups excluding carboxylic acids is 1. The second-order valence-corrected chi connectivity index (χ2v) is 4.54. The van der Waals surface area contributed by atoms with Gasteiger partial charge >= 0.3 is 0 Å². The minimum absolute atomic E-state index is 0.0887. The van der Waals surface area contributed by atoms with E-state index >= 15 is 0 Å². The van der Waals surface area contributed by atoms with Crippen LogP contribution < -0.4 is 0 Å². The van der Waals surface area contributed by atoms with Gasteiger partial charge in [-0.05, 0) is 26.3 Å². The molecule has 0 N–H and O–H groups in total. The van der Waals surface area contributed by atoms with Crippen LogP contribution in [0.5, 0.6) is 0 Å². The second kappa shape index (κ2) is 6.80. The molecule has 0 spiro atoms. The predicted molar refractivity (Wildman–Crippen MR) is 71.9 cm³/mol. The van der Waals surface area contributed by atoms with Crippen molar-refractivity contribution < 1.29 is 4.79 Å². The number of nitriles is 1. The van der Waals surface area contributed by atoms with E-state index in [9.17, 15) is 4.79 Å². The molecule has 0 aromatic heterocycles. The Hall–Kier alpha value is -1.82. The fraction of sp³-hybridized carbons (Fsp3) is 0.467. The van der Waals surface area contributed by atoms with Crippen molar-refractivity contribution in [1.29, 1.82) is 5.26 Å². The zero-order valence-electron chi connectivity index (χ0n) is 11.3. The van der Waals surface area contributed by atoms with Gasteiger partial charge in [0.05, 0.1) is 17.9 Å². The molecule has 2 atom stereocenters. The first-order valence-electron chi connectivity index (χ1n) is 6.33. The molecule has 1 aromatic rings. The first kappa shape index (κ1) is 14.2. The van der Waals surface area contributed by atoms with E-state index in [-0.39, 0.29) is 17.7 Å². The number of carbonyl (C=O) groups is 1. The summed E-state index contributed by atoms with van der Waals surface area (Å²) in [6, 6.07) is 11.9. The van der Waals surface area contributed by atoms with Gasteiger partial charge in [-0.1, -0.05) is 30.3 Å². The summed E-state index contributed by atoms with van der Waals surface area (Å²) < 4.78 is 0. The number of amides is 1. The molecule has 0 radical (unpaired) electrons. The molecule has 0 fully saturated rings. The van der Waals surface area contributed by atoms with Gasteiger partial charge < -0.3 is 4.90 Å². The van der Waals surface area contributed by atoms with E-state index in [4.69, 9.17) is 5.26 Å². The normalized spacial score (nSPS) is 13.4. The van der Waals surface area contributed by atoms with Gasteiger partial charge in [-0.15, -0.1) is 0 Å². The van der Waals surface area contributed by atoms with Crippen molar-refractivity contribution in [3.8, 4) is 6.07 Å². The monoisotopic (exact) mass is 244 g/mol.